The van der Waals surface area contributed by atoms with Crippen LogP contribution in [-0.2, 0) is 19.2 Å². The van der Waals surface area contributed by atoms with Gasteiger partial charge < -0.3 is 20.2 Å². The summed E-state index contributed by atoms with van der Waals surface area (Å²) >= 11 is 0. The minimum Gasteiger partial charge on any atom is -0.504 e. The summed E-state index contributed by atoms with van der Waals surface area (Å²) in [4.78, 5) is 61.7. The Balaban J connectivity index is 1.70. The number of carbonyl (C=O) groups excluding carboxylic acids is 4. The van der Waals surface area contributed by atoms with Gasteiger partial charge in [-0.25, -0.2) is 9.97 Å². The zero-order valence-corrected chi connectivity index (χ0v) is 14.4. The average molecular weight is 382 g/mol. The fraction of sp³-hybridized carbons (Fsp3) is 0.333. The quantitative estimate of drug-likeness (QED) is 0.374. The van der Waals surface area contributed by atoms with E-state index in [1.807, 2.05) is 0 Å². The highest BCUT2D eigenvalue weighted by atomic mass is 16.3. The zero-order chi connectivity index (χ0) is 19.7. The molecule has 2 saturated carbocycles. The highest BCUT2D eigenvalue weighted by molar-refractivity contribution is 6.14. The number of hydrogen-bond acceptors (Lipinski definition) is 8. The van der Waals surface area contributed by atoms with Gasteiger partial charge in [0.25, 0.3) is 0 Å². The average Bonchev–Trinajstić information content (AvgIpc) is 3.40. The van der Waals surface area contributed by atoms with Crippen LogP contribution in [-0.4, -0.2) is 53.3 Å². The van der Waals surface area contributed by atoms with Gasteiger partial charge in [-0.1, -0.05) is 0 Å². The maximum atomic E-state index is 12.0. The molecule has 28 heavy (non-hydrogen) atoms. The van der Waals surface area contributed by atoms with Crippen LogP contribution in [0.25, 0.3) is 22.1 Å². The molecule has 2 aromatic heterocycles. The molecule has 5 rings (SSSR count). The molecule has 0 amide bonds. The molecule has 2 aliphatic rings. The number of H-pyrrole nitrogens is 2. The summed E-state index contributed by atoms with van der Waals surface area (Å²) in [7, 11) is 0. The van der Waals surface area contributed by atoms with Gasteiger partial charge in [0.15, 0.2) is 34.6 Å². The lowest BCUT2D eigenvalue weighted by Crippen LogP contribution is -2.13. The number of aromatic amines is 2. The summed E-state index contributed by atoms with van der Waals surface area (Å²) in [6.07, 6.45) is 0.530. The maximum Gasteiger partial charge on any atom is 0.171 e. The van der Waals surface area contributed by atoms with Crippen LogP contribution in [0.4, 0.5) is 0 Å². The van der Waals surface area contributed by atoms with E-state index in [0.717, 1.165) is 0 Å². The Labute approximate surface area is 156 Å². The van der Waals surface area contributed by atoms with E-state index in [2.05, 4.69) is 19.9 Å². The van der Waals surface area contributed by atoms with Crippen LogP contribution < -0.4 is 0 Å². The van der Waals surface area contributed by atoms with E-state index in [9.17, 15) is 29.4 Å². The Morgan fingerprint density at radius 1 is 0.643 bits per heavy atom. The van der Waals surface area contributed by atoms with E-state index in [4.69, 9.17) is 0 Å². The van der Waals surface area contributed by atoms with Crippen LogP contribution >= 0.6 is 0 Å². The minimum absolute atomic E-state index is 0.0341. The van der Waals surface area contributed by atoms with Crippen LogP contribution in [0.1, 0.15) is 49.2 Å². The second-order valence-electron chi connectivity index (χ2n) is 7.12. The molecule has 0 saturated heterocycles. The molecule has 0 spiro atoms. The van der Waals surface area contributed by atoms with Gasteiger partial charge in [0, 0.05) is 25.7 Å². The second-order valence-corrected chi connectivity index (χ2v) is 7.12. The van der Waals surface area contributed by atoms with Crippen molar-refractivity contribution >= 4 is 45.2 Å². The van der Waals surface area contributed by atoms with Gasteiger partial charge in [0.2, 0.25) is 0 Å². The first-order valence-electron chi connectivity index (χ1n) is 8.80. The van der Waals surface area contributed by atoms with Gasteiger partial charge in [-0.05, 0) is 0 Å². The molecular weight excluding hydrogens is 368 g/mol. The molecule has 142 valence electrons. The van der Waals surface area contributed by atoms with Crippen LogP contribution in [0.15, 0.2) is 0 Å². The first-order chi connectivity index (χ1) is 13.4. The molecular formula is C18H14N4O6. The maximum absolute atomic E-state index is 12.0. The lowest BCUT2D eigenvalue weighted by atomic mass is 10.1. The summed E-state index contributed by atoms with van der Waals surface area (Å²) < 4.78 is 0. The smallest absolute Gasteiger partial charge is 0.171 e. The Kier molecular flexibility index (Phi) is 3.25. The molecule has 0 unspecified atom stereocenters. The van der Waals surface area contributed by atoms with Crippen molar-refractivity contribution in [3.63, 3.8) is 0 Å². The molecule has 2 aliphatic carbocycles. The number of nitrogens with one attached hydrogen (secondary N) is 2. The summed E-state index contributed by atoms with van der Waals surface area (Å²) in [5.74, 6) is -3.77. The third-order valence-electron chi connectivity index (χ3n) is 5.44. The van der Waals surface area contributed by atoms with Crippen LogP contribution in [0.2, 0.25) is 0 Å². The predicted octanol–water partition coefficient (Wildman–Crippen LogP) is 0.882. The number of phenols is 2. The number of carbonyl (C=O) groups is 4. The second kappa shape index (κ2) is 5.47. The van der Waals surface area contributed by atoms with Crippen LogP contribution in [0, 0.1) is 0 Å². The van der Waals surface area contributed by atoms with Gasteiger partial charge in [0.1, 0.15) is 45.6 Å². The fourth-order valence-corrected chi connectivity index (χ4v) is 4.02. The van der Waals surface area contributed by atoms with Gasteiger partial charge >= 0.3 is 0 Å². The largest absolute Gasteiger partial charge is 0.504 e. The molecule has 0 radical (unpaired) electrons. The van der Waals surface area contributed by atoms with Gasteiger partial charge in [-0.15, -0.1) is 0 Å². The van der Waals surface area contributed by atoms with E-state index >= 15 is 0 Å². The molecule has 2 heterocycles. The Hall–Kier alpha value is -3.56. The monoisotopic (exact) mass is 382 g/mol. The Morgan fingerprint density at radius 3 is 1.36 bits per heavy atom. The van der Waals surface area contributed by atoms with Crippen molar-refractivity contribution in [2.24, 2.45) is 0 Å². The molecule has 4 N–H and O–H groups in total. The van der Waals surface area contributed by atoms with E-state index in [-0.39, 0.29) is 94.0 Å². The van der Waals surface area contributed by atoms with Crippen molar-refractivity contribution < 1.29 is 29.4 Å². The normalized spacial score (nSPS) is 19.1. The molecule has 0 bridgehead atoms. The van der Waals surface area contributed by atoms with Crippen molar-refractivity contribution in [3.8, 4) is 11.5 Å². The van der Waals surface area contributed by atoms with E-state index < -0.39 is 11.8 Å². The number of aromatic nitrogens is 4. The number of imidazole rings is 2. The van der Waals surface area contributed by atoms with E-state index in [1.165, 1.54) is 0 Å². The Morgan fingerprint density at radius 2 is 1.00 bits per heavy atom. The first-order valence-corrected chi connectivity index (χ1v) is 8.80. The van der Waals surface area contributed by atoms with Gasteiger partial charge in [-0.2, -0.15) is 0 Å². The molecule has 0 atom stereocenters. The number of hydrogen-bond donors (Lipinski definition) is 4. The number of rotatable bonds is 2. The lowest BCUT2D eigenvalue weighted by molar-refractivity contribution is -0.125. The molecule has 10 heteroatoms. The third-order valence-corrected chi connectivity index (χ3v) is 5.44. The lowest BCUT2D eigenvalue weighted by Gasteiger charge is -2.01. The zero-order valence-electron chi connectivity index (χ0n) is 14.4. The summed E-state index contributed by atoms with van der Waals surface area (Å²) in [6, 6.07) is 0. The van der Waals surface area contributed by atoms with Gasteiger partial charge in [-0.3, -0.25) is 19.2 Å². The van der Waals surface area contributed by atoms with Gasteiger partial charge in [0.05, 0.1) is 0 Å². The number of nitrogens with zero attached hydrogens (tertiary/aromatic N) is 2. The molecule has 10 nitrogen and oxygen atoms in total. The van der Waals surface area contributed by atoms with Crippen LogP contribution in [0.3, 0.4) is 0 Å². The highest BCUT2D eigenvalue weighted by Gasteiger charge is 2.39. The number of ketones is 4. The van der Waals surface area contributed by atoms with E-state index in [1.54, 1.807) is 0 Å². The molecule has 3 aromatic rings. The standard InChI is InChI=1S/C18H14N4O6/c23-5-1-2-6(24)9(5)17-19-11-12(20-17)16(28)14-13(15(11)27)21-18(22-14)10-7(25)3-4-8(10)26/h9-10,27-28H,1-4H2,(H,19,20)(H,21,22). The Bertz CT molecular complexity index is 1060. The number of fused-ring (bicyclic) bond motifs is 2. The molecule has 0 aliphatic heterocycles. The SMILES string of the molecule is O=C1CCC(=O)C1c1nc2c(O)c3nc(C4C(=O)CCC4=O)[nH]c3c(O)c2[nH]1. The number of Topliss-reactive ketones (excluding diaryl/α,β-unsaturated/α-hetero) is 4. The molecule has 1 aromatic carbocycles. The topological polar surface area (TPSA) is 166 Å². The number of phenolic OH excluding ortho intramolecular Hbond substituents is 2. The first kappa shape index (κ1) is 16.6. The van der Waals surface area contributed by atoms with Crippen molar-refractivity contribution in [2.45, 2.75) is 37.5 Å². The third kappa shape index (κ3) is 2.08. The van der Waals surface area contributed by atoms with E-state index in [0.29, 0.717) is 0 Å². The van der Waals surface area contributed by atoms with Crippen molar-refractivity contribution in [1.82, 2.24) is 19.9 Å². The number of aromatic hydroxyl groups is 2. The summed E-state index contributed by atoms with van der Waals surface area (Å²) in [5, 5.41) is 21.2. The summed E-state index contributed by atoms with van der Waals surface area (Å²) in [6.45, 7) is 0. The van der Waals surface area contributed by atoms with Crippen LogP contribution in [0.5, 0.6) is 11.5 Å². The molecule has 2 fully saturated rings. The highest BCUT2D eigenvalue weighted by Crippen LogP contribution is 2.41. The fourth-order valence-electron chi connectivity index (χ4n) is 4.02. The minimum atomic E-state index is -1.04. The van der Waals surface area contributed by atoms with Crippen molar-refractivity contribution in [1.29, 1.82) is 0 Å². The summed E-state index contributed by atoms with van der Waals surface area (Å²) in [5.41, 5.74) is -0.0252. The number of benzene rings is 1. The predicted molar refractivity (Wildman–Crippen MR) is 93.1 cm³/mol. The van der Waals surface area contributed by atoms with Crippen molar-refractivity contribution in [2.75, 3.05) is 0 Å². The van der Waals surface area contributed by atoms with Crippen molar-refractivity contribution in [3.05, 3.63) is 11.6 Å².